The Balaban J connectivity index is 1.81. The maximum atomic E-state index is 11.6. The van der Waals surface area contributed by atoms with Gasteiger partial charge in [0.05, 0.1) is 5.51 Å². The highest BCUT2D eigenvalue weighted by Crippen LogP contribution is 2.13. The lowest BCUT2D eigenvalue weighted by Crippen LogP contribution is -2.38. The van der Waals surface area contributed by atoms with Crippen molar-refractivity contribution in [2.24, 2.45) is 0 Å². The molecule has 15 heavy (non-hydrogen) atoms. The fourth-order valence-corrected chi connectivity index (χ4v) is 2.39. The summed E-state index contributed by atoms with van der Waals surface area (Å²) in [4.78, 5) is 17.8. The molecule has 5 heteroatoms. The summed E-state index contributed by atoms with van der Waals surface area (Å²) in [6.07, 6.45) is 2.40. The van der Waals surface area contributed by atoms with Crippen LogP contribution >= 0.6 is 11.3 Å². The lowest BCUT2D eigenvalue weighted by Gasteiger charge is -2.19. The number of hydrogen-bond acceptors (Lipinski definition) is 4. The summed E-state index contributed by atoms with van der Waals surface area (Å²) in [6.45, 7) is 1.87. The van der Waals surface area contributed by atoms with Gasteiger partial charge in [-0.3, -0.25) is 4.79 Å². The molecule has 2 heterocycles. The van der Waals surface area contributed by atoms with Crippen LogP contribution in [-0.4, -0.2) is 42.0 Å². The van der Waals surface area contributed by atoms with Crippen LogP contribution in [0.5, 0.6) is 0 Å². The Morgan fingerprint density at radius 3 is 3.27 bits per heavy atom. The average Bonchev–Trinajstić information content (AvgIpc) is 2.85. The number of nitrogens with zero attached hydrogens (tertiary/aromatic N) is 2. The van der Waals surface area contributed by atoms with Crippen LogP contribution in [0.25, 0.3) is 0 Å². The molecule has 1 N–H and O–H groups in total. The van der Waals surface area contributed by atoms with E-state index in [9.17, 15) is 4.79 Å². The standard InChI is InChI=1S/C10H15N3OS/c1-13-4-2-3-8(13)5-11-10(14)9-6-15-7-12-9/h6-8H,2-5H2,1H3,(H,11,14). The fourth-order valence-electron chi connectivity index (χ4n) is 1.86. The summed E-state index contributed by atoms with van der Waals surface area (Å²) in [6, 6.07) is 0.493. The number of carbonyl (C=O) groups excluding carboxylic acids is 1. The Bertz CT molecular complexity index is 325. The molecule has 1 amide bonds. The summed E-state index contributed by atoms with van der Waals surface area (Å²) >= 11 is 1.44. The molecule has 2 rings (SSSR count). The number of amides is 1. The second-order valence-electron chi connectivity index (χ2n) is 3.86. The van der Waals surface area contributed by atoms with Crippen LogP contribution in [0.3, 0.4) is 0 Å². The van der Waals surface area contributed by atoms with Gasteiger partial charge >= 0.3 is 0 Å². The number of carbonyl (C=O) groups is 1. The molecule has 0 saturated carbocycles. The highest BCUT2D eigenvalue weighted by molar-refractivity contribution is 7.07. The minimum Gasteiger partial charge on any atom is -0.349 e. The third-order valence-corrected chi connectivity index (χ3v) is 3.42. The van der Waals surface area contributed by atoms with E-state index in [0.717, 1.165) is 13.1 Å². The van der Waals surface area contributed by atoms with Crippen LogP contribution in [0.2, 0.25) is 0 Å². The molecular formula is C10H15N3OS. The maximum Gasteiger partial charge on any atom is 0.270 e. The predicted molar refractivity (Wildman–Crippen MR) is 60.1 cm³/mol. The summed E-state index contributed by atoms with van der Waals surface area (Å²) in [5, 5.41) is 4.69. The predicted octanol–water partition coefficient (Wildman–Crippen LogP) is 0.967. The molecule has 1 aliphatic rings. The van der Waals surface area contributed by atoms with E-state index in [1.165, 1.54) is 24.2 Å². The van der Waals surface area contributed by atoms with Gasteiger partial charge in [-0.2, -0.15) is 0 Å². The molecule has 1 saturated heterocycles. The van der Waals surface area contributed by atoms with E-state index in [1.807, 2.05) is 0 Å². The zero-order valence-corrected chi connectivity index (χ0v) is 9.59. The minimum absolute atomic E-state index is 0.0587. The highest BCUT2D eigenvalue weighted by atomic mass is 32.1. The van der Waals surface area contributed by atoms with Gasteiger partial charge in [0.1, 0.15) is 5.69 Å². The van der Waals surface area contributed by atoms with E-state index in [0.29, 0.717) is 11.7 Å². The van der Waals surface area contributed by atoms with Gasteiger partial charge in [0, 0.05) is 18.0 Å². The largest absolute Gasteiger partial charge is 0.349 e. The Labute approximate surface area is 93.3 Å². The van der Waals surface area contributed by atoms with Crippen LogP contribution in [-0.2, 0) is 0 Å². The van der Waals surface area contributed by atoms with E-state index in [1.54, 1.807) is 10.9 Å². The van der Waals surface area contributed by atoms with Crippen molar-refractivity contribution in [2.45, 2.75) is 18.9 Å². The third kappa shape index (κ3) is 2.54. The van der Waals surface area contributed by atoms with Gasteiger partial charge in [0.15, 0.2) is 0 Å². The third-order valence-electron chi connectivity index (χ3n) is 2.83. The minimum atomic E-state index is -0.0587. The Morgan fingerprint density at radius 1 is 1.80 bits per heavy atom. The number of likely N-dealkylation sites (N-methyl/N-ethyl adjacent to an activating group) is 1. The summed E-state index contributed by atoms with van der Waals surface area (Å²) in [5.41, 5.74) is 2.21. The molecule has 0 bridgehead atoms. The van der Waals surface area contributed by atoms with Gasteiger partial charge in [-0.15, -0.1) is 11.3 Å². The van der Waals surface area contributed by atoms with Crippen molar-refractivity contribution in [2.75, 3.05) is 20.1 Å². The first kappa shape index (κ1) is 10.6. The molecule has 0 aromatic carbocycles. The summed E-state index contributed by atoms with van der Waals surface area (Å²) in [7, 11) is 2.10. The molecule has 0 spiro atoms. The first-order chi connectivity index (χ1) is 7.27. The van der Waals surface area contributed by atoms with Crippen molar-refractivity contribution in [3.63, 3.8) is 0 Å². The molecule has 1 atom stereocenters. The first-order valence-corrected chi connectivity index (χ1v) is 6.08. The van der Waals surface area contributed by atoms with E-state index in [-0.39, 0.29) is 5.91 Å². The fraction of sp³-hybridized carbons (Fsp3) is 0.600. The number of aromatic nitrogens is 1. The van der Waals surface area contributed by atoms with Crippen LogP contribution in [0.15, 0.2) is 10.9 Å². The SMILES string of the molecule is CN1CCCC1CNC(=O)c1cscn1. The Hall–Kier alpha value is -0.940. The number of rotatable bonds is 3. The van der Waals surface area contributed by atoms with Crippen molar-refractivity contribution in [1.29, 1.82) is 0 Å². The van der Waals surface area contributed by atoms with Crippen molar-refractivity contribution >= 4 is 17.2 Å². The molecule has 1 aromatic rings. The highest BCUT2D eigenvalue weighted by Gasteiger charge is 2.21. The van der Waals surface area contributed by atoms with Crippen LogP contribution < -0.4 is 5.32 Å². The number of hydrogen-bond donors (Lipinski definition) is 1. The van der Waals surface area contributed by atoms with E-state index >= 15 is 0 Å². The number of likely N-dealkylation sites (tertiary alicyclic amines) is 1. The lowest BCUT2D eigenvalue weighted by atomic mass is 10.2. The zero-order chi connectivity index (χ0) is 10.7. The smallest absolute Gasteiger partial charge is 0.270 e. The molecule has 0 radical (unpaired) electrons. The van der Waals surface area contributed by atoms with E-state index < -0.39 is 0 Å². The molecule has 82 valence electrons. The monoisotopic (exact) mass is 225 g/mol. The molecule has 4 nitrogen and oxygen atoms in total. The van der Waals surface area contributed by atoms with Crippen LogP contribution in [0.1, 0.15) is 23.3 Å². The molecular weight excluding hydrogens is 210 g/mol. The van der Waals surface area contributed by atoms with Gasteiger partial charge in [0.25, 0.3) is 5.91 Å². The molecule has 1 fully saturated rings. The first-order valence-electron chi connectivity index (χ1n) is 5.14. The Morgan fingerprint density at radius 2 is 2.67 bits per heavy atom. The molecule has 1 aliphatic heterocycles. The number of thiazole rings is 1. The zero-order valence-electron chi connectivity index (χ0n) is 8.77. The van der Waals surface area contributed by atoms with Gasteiger partial charge in [-0.25, -0.2) is 4.98 Å². The summed E-state index contributed by atoms with van der Waals surface area (Å²) < 4.78 is 0. The van der Waals surface area contributed by atoms with Gasteiger partial charge in [-0.1, -0.05) is 0 Å². The molecule has 1 aromatic heterocycles. The van der Waals surface area contributed by atoms with Gasteiger partial charge < -0.3 is 10.2 Å². The molecule has 0 aliphatic carbocycles. The van der Waals surface area contributed by atoms with Crippen LogP contribution in [0, 0.1) is 0 Å². The summed E-state index contributed by atoms with van der Waals surface area (Å²) in [5.74, 6) is -0.0587. The second kappa shape index (κ2) is 4.72. The topological polar surface area (TPSA) is 45.2 Å². The number of nitrogens with one attached hydrogen (secondary N) is 1. The van der Waals surface area contributed by atoms with Crippen molar-refractivity contribution < 1.29 is 4.79 Å². The molecule has 1 unspecified atom stereocenters. The Kier molecular flexibility index (Phi) is 3.33. The van der Waals surface area contributed by atoms with Gasteiger partial charge in [-0.05, 0) is 26.4 Å². The average molecular weight is 225 g/mol. The van der Waals surface area contributed by atoms with Crippen LogP contribution in [0.4, 0.5) is 0 Å². The van der Waals surface area contributed by atoms with Gasteiger partial charge in [0.2, 0.25) is 0 Å². The van der Waals surface area contributed by atoms with Crippen molar-refractivity contribution in [3.05, 3.63) is 16.6 Å². The normalized spacial score (nSPS) is 21.8. The maximum absolute atomic E-state index is 11.6. The van der Waals surface area contributed by atoms with E-state index in [4.69, 9.17) is 0 Å². The van der Waals surface area contributed by atoms with Crippen molar-refractivity contribution in [3.8, 4) is 0 Å². The quantitative estimate of drug-likeness (QED) is 0.833. The lowest BCUT2D eigenvalue weighted by molar-refractivity contribution is 0.0939. The second-order valence-corrected chi connectivity index (χ2v) is 4.58. The van der Waals surface area contributed by atoms with Crippen molar-refractivity contribution in [1.82, 2.24) is 15.2 Å². The van der Waals surface area contributed by atoms with E-state index in [2.05, 4.69) is 22.2 Å².